The van der Waals surface area contributed by atoms with Gasteiger partial charge in [0.25, 0.3) is 0 Å². The van der Waals surface area contributed by atoms with E-state index in [2.05, 4.69) is 0 Å². The van der Waals surface area contributed by atoms with Crippen LogP contribution in [-0.2, 0) is 0 Å². The van der Waals surface area contributed by atoms with Crippen LogP contribution in [0.3, 0.4) is 0 Å². The maximum absolute atomic E-state index is 8.50. The Kier molecular flexibility index (Phi) is 3.22. The minimum absolute atomic E-state index is 0.485. The molecule has 0 saturated heterocycles. The standard InChI is InChI=1S/C8H4Cl3N/c9-6-1-5(8(11)4-12)2-7(10)3-6/h1-3,8H. The molecule has 0 saturated carbocycles. The van der Waals surface area contributed by atoms with Gasteiger partial charge in [0, 0.05) is 10.0 Å². The van der Waals surface area contributed by atoms with Crippen molar-refractivity contribution in [2.75, 3.05) is 0 Å². The zero-order valence-electron chi connectivity index (χ0n) is 5.89. The quantitative estimate of drug-likeness (QED) is 0.661. The number of alkyl halides is 1. The first-order chi connectivity index (χ1) is 5.63. The zero-order valence-corrected chi connectivity index (χ0v) is 8.16. The Hall–Kier alpha value is -0.420. The van der Waals surface area contributed by atoms with Crippen LogP contribution in [-0.4, -0.2) is 0 Å². The fraction of sp³-hybridized carbons (Fsp3) is 0.125. The van der Waals surface area contributed by atoms with Crippen molar-refractivity contribution in [3.8, 4) is 6.07 Å². The summed E-state index contributed by atoms with van der Waals surface area (Å²) in [5.74, 6) is 0. The molecular weight excluding hydrogens is 216 g/mol. The summed E-state index contributed by atoms with van der Waals surface area (Å²) in [6, 6.07) is 6.71. The normalized spacial score (nSPS) is 12.2. The number of hydrogen-bond acceptors (Lipinski definition) is 1. The van der Waals surface area contributed by atoms with Crippen LogP contribution in [0.25, 0.3) is 0 Å². The molecule has 1 nitrogen and oxygen atoms in total. The zero-order chi connectivity index (χ0) is 9.14. The van der Waals surface area contributed by atoms with Crippen molar-refractivity contribution in [1.82, 2.24) is 0 Å². The van der Waals surface area contributed by atoms with Crippen LogP contribution < -0.4 is 0 Å². The molecule has 0 fully saturated rings. The number of hydrogen-bond donors (Lipinski definition) is 0. The summed E-state index contributed by atoms with van der Waals surface area (Å²) in [6.07, 6.45) is 0. The third-order valence-corrected chi connectivity index (χ3v) is 2.08. The van der Waals surface area contributed by atoms with Crippen molar-refractivity contribution in [3.63, 3.8) is 0 Å². The van der Waals surface area contributed by atoms with Crippen LogP contribution in [0.5, 0.6) is 0 Å². The molecule has 0 spiro atoms. The summed E-state index contributed by atoms with van der Waals surface area (Å²) < 4.78 is 0. The lowest BCUT2D eigenvalue weighted by atomic mass is 10.2. The molecule has 1 aromatic carbocycles. The van der Waals surface area contributed by atoms with Crippen molar-refractivity contribution >= 4 is 34.8 Å². The highest BCUT2D eigenvalue weighted by Gasteiger charge is 2.07. The van der Waals surface area contributed by atoms with E-state index in [0.717, 1.165) is 0 Å². The highest BCUT2D eigenvalue weighted by atomic mass is 35.5. The van der Waals surface area contributed by atoms with Gasteiger partial charge in [-0.15, -0.1) is 11.6 Å². The molecule has 1 unspecified atom stereocenters. The Labute approximate surface area is 85.5 Å². The molecule has 0 aliphatic heterocycles. The van der Waals surface area contributed by atoms with Crippen LogP contribution in [0, 0.1) is 11.3 Å². The summed E-state index contributed by atoms with van der Waals surface area (Å²) in [5.41, 5.74) is 0.622. The van der Waals surface area contributed by atoms with Gasteiger partial charge in [-0.05, 0) is 23.8 Å². The fourth-order valence-electron chi connectivity index (χ4n) is 0.796. The van der Waals surface area contributed by atoms with Gasteiger partial charge in [0.1, 0.15) is 5.38 Å². The van der Waals surface area contributed by atoms with Gasteiger partial charge in [0.2, 0.25) is 0 Å². The second-order valence-corrected chi connectivity index (χ2v) is 3.50. The van der Waals surface area contributed by atoms with E-state index in [4.69, 9.17) is 40.1 Å². The van der Waals surface area contributed by atoms with Gasteiger partial charge in [-0.1, -0.05) is 23.2 Å². The van der Waals surface area contributed by atoms with Gasteiger partial charge < -0.3 is 0 Å². The van der Waals surface area contributed by atoms with Crippen LogP contribution in [0.1, 0.15) is 10.9 Å². The van der Waals surface area contributed by atoms with Crippen molar-refractivity contribution in [3.05, 3.63) is 33.8 Å². The molecule has 12 heavy (non-hydrogen) atoms. The third kappa shape index (κ3) is 2.28. The van der Waals surface area contributed by atoms with E-state index in [0.29, 0.717) is 15.6 Å². The number of halogens is 3. The molecule has 0 aromatic heterocycles. The Bertz CT molecular complexity index is 309. The largest absolute Gasteiger partial charge is 0.196 e. The molecular formula is C8H4Cl3N. The molecule has 0 amide bonds. The molecule has 0 N–H and O–H groups in total. The van der Waals surface area contributed by atoms with E-state index >= 15 is 0 Å². The first-order valence-electron chi connectivity index (χ1n) is 3.13. The summed E-state index contributed by atoms with van der Waals surface area (Å²) in [6.45, 7) is 0. The molecule has 1 aromatic rings. The van der Waals surface area contributed by atoms with Gasteiger partial charge in [-0.2, -0.15) is 5.26 Å². The lowest BCUT2D eigenvalue weighted by Gasteiger charge is -2.01. The predicted molar refractivity (Wildman–Crippen MR) is 50.7 cm³/mol. The average Bonchev–Trinajstić information content (AvgIpc) is 2.01. The molecule has 0 heterocycles. The summed E-state index contributed by atoms with van der Waals surface area (Å²) in [5, 5.41) is 8.78. The minimum Gasteiger partial charge on any atom is -0.196 e. The van der Waals surface area contributed by atoms with E-state index in [9.17, 15) is 0 Å². The monoisotopic (exact) mass is 219 g/mol. The molecule has 0 bridgehead atoms. The number of nitrogens with zero attached hydrogens (tertiary/aromatic N) is 1. The smallest absolute Gasteiger partial charge is 0.145 e. The SMILES string of the molecule is N#CC(Cl)c1cc(Cl)cc(Cl)c1. The Morgan fingerprint density at radius 2 is 1.67 bits per heavy atom. The molecule has 0 aliphatic rings. The highest BCUT2D eigenvalue weighted by Crippen LogP contribution is 2.26. The number of nitriles is 1. The summed E-state index contributed by atoms with van der Waals surface area (Å²) in [7, 11) is 0. The Balaban J connectivity index is 3.10. The van der Waals surface area contributed by atoms with Gasteiger partial charge in [0.15, 0.2) is 0 Å². The first kappa shape index (κ1) is 9.67. The van der Waals surface area contributed by atoms with Crippen molar-refractivity contribution < 1.29 is 0 Å². The second-order valence-electron chi connectivity index (χ2n) is 2.19. The fourth-order valence-corrected chi connectivity index (χ4v) is 1.46. The highest BCUT2D eigenvalue weighted by molar-refractivity contribution is 6.35. The van der Waals surface area contributed by atoms with Crippen LogP contribution in [0.15, 0.2) is 18.2 Å². The molecule has 4 heteroatoms. The molecule has 1 rings (SSSR count). The van der Waals surface area contributed by atoms with Crippen molar-refractivity contribution in [1.29, 1.82) is 5.26 Å². The van der Waals surface area contributed by atoms with E-state index < -0.39 is 5.38 Å². The predicted octanol–water partition coefficient (Wildman–Crippen LogP) is 3.80. The maximum Gasteiger partial charge on any atom is 0.145 e. The maximum atomic E-state index is 8.50. The van der Waals surface area contributed by atoms with Crippen molar-refractivity contribution in [2.24, 2.45) is 0 Å². The second kappa shape index (κ2) is 4.00. The van der Waals surface area contributed by atoms with E-state index in [1.54, 1.807) is 18.2 Å². The minimum atomic E-state index is -0.693. The van der Waals surface area contributed by atoms with Crippen LogP contribution in [0.4, 0.5) is 0 Å². The molecule has 1 atom stereocenters. The van der Waals surface area contributed by atoms with E-state index in [1.807, 2.05) is 6.07 Å². The lowest BCUT2D eigenvalue weighted by Crippen LogP contribution is -1.85. The van der Waals surface area contributed by atoms with Gasteiger partial charge in [0.05, 0.1) is 6.07 Å². The number of rotatable bonds is 1. The Morgan fingerprint density at radius 1 is 1.17 bits per heavy atom. The molecule has 62 valence electrons. The average molecular weight is 220 g/mol. The molecule has 0 radical (unpaired) electrons. The first-order valence-corrected chi connectivity index (χ1v) is 4.32. The van der Waals surface area contributed by atoms with Gasteiger partial charge in [-0.25, -0.2) is 0 Å². The van der Waals surface area contributed by atoms with Gasteiger partial charge in [-0.3, -0.25) is 0 Å². The Morgan fingerprint density at radius 3 is 2.08 bits per heavy atom. The lowest BCUT2D eigenvalue weighted by molar-refractivity contribution is 1.21. The third-order valence-electron chi connectivity index (χ3n) is 1.29. The summed E-state index contributed by atoms with van der Waals surface area (Å²) >= 11 is 17.1. The summed E-state index contributed by atoms with van der Waals surface area (Å²) in [4.78, 5) is 0. The number of benzene rings is 1. The van der Waals surface area contributed by atoms with Crippen LogP contribution >= 0.6 is 34.8 Å². The van der Waals surface area contributed by atoms with Crippen LogP contribution in [0.2, 0.25) is 10.0 Å². The topological polar surface area (TPSA) is 23.8 Å². The molecule has 0 aliphatic carbocycles. The van der Waals surface area contributed by atoms with E-state index in [1.165, 1.54) is 0 Å². The van der Waals surface area contributed by atoms with E-state index in [-0.39, 0.29) is 0 Å². The van der Waals surface area contributed by atoms with Crippen molar-refractivity contribution in [2.45, 2.75) is 5.38 Å². The van der Waals surface area contributed by atoms with Gasteiger partial charge >= 0.3 is 0 Å².